The lowest BCUT2D eigenvalue weighted by atomic mass is 10.4. The molecule has 0 radical (unpaired) electrons. The average Bonchev–Trinajstić information content (AvgIpc) is 2.74. The van der Waals surface area contributed by atoms with Gasteiger partial charge in [-0.2, -0.15) is 0 Å². The predicted octanol–water partition coefficient (Wildman–Crippen LogP) is 0.843. The van der Waals surface area contributed by atoms with Gasteiger partial charge in [-0.05, 0) is 22.4 Å². The van der Waals surface area contributed by atoms with E-state index in [2.05, 4.69) is 35.9 Å². The Labute approximate surface area is 119 Å². The minimum atomic E-state index is -3.12. The first-order chi connectivity index (χ1) is 8.96. The largest absolute Gasteiger partial charge is 0.367 e. The van der Waals surface area contributed by atoms with Crippen LogP contribution in [-0.2, 0) is 10.0 Å². The molecule has 19 heavy (non-hydrogen) atoms. The number of imidazole rings is 1. The fourth-order valence-corrected chi connectivity index (χ4v) is 2.49. The Balaban J connectivity index is 1.93. The Morgan fingerprint density at radius 2 is 2.21 bits per heavy atom. The molecule has 0 atom stereocenters. The number of hydrogen-bond acceptors (Lipinski definition) is 5. The fourth-order valence-electron chi connectivity index (χ4n) is 1.57. The Kier molecular flexibility index (Phi) is 4.38. The SMILES string of the molecule is CS(=O)(=O)NCCCNc1nc(Br)cn2ccnc12. The highest BCUT2D eigenvalue weighted by Gasteiger charge is 2.05. The molecule has 0 amide bonds. The Morgan fingerprint density at radius 3 is 2.95 bits per heavy atom. The van der Waals surface area contributed by atoms with Gasteiger partial charge < -0.3 is 9.72 Å². The van der Waals surface area contributed by atoms with Crippen LogP contribution >= 0.6 is 15.9 Å². The smallest absolute Gasteiger partial charge is 0.208 e. The highest BCUT2D eigenvalue weighted by molar-refractivity contribution is 9.10. The first kappa shape index (κ1) is 14.2. The minimum absolute atomic E-state index is 0.393. The number of anilines is 1. The van der Waals surface area contributed by atoms with E-state index in [0.717, 1.165) is 11.9 Å². The summed E-state index contributed by atoms with van der Waals surface area (Å²) in [5, 5.41) is 3.14. The standard InChI is InChI=1S/C10H14BrN5O2S/c1-19(17,18)14-4-2-3-12-9-10-13-5-6-16(10)7-8(11)15-9/h5-7,14H,2-4H2,1H3,(H,12,15). The van der Waals surface area contributed by atoms with Crippen molar-refractivity contribution in [3.05, 3.63) is 23.2 Å². The first-order valence-corrected chi connectivity index (χ1v) is 8.32. The maximum Gasteiger partial charge on any atom is 0.208 e. The molecule has 0 saturated heterocycles. The number of sulfonamides is 1. The molecular formula is C10H14BrN5O2S. The van der Waals surface area contributed by atoms with Crippen molar-refractivity contribution in [3.8, 4) is 0 Å². The summed E-state index contributed by atoms with van der Waals surface area (Å²) < 4.78 is 26.8. The molecule has 2 rings (SSSR count). The number of fused-ring (bicyclic) bond motifs is 1. The van der Waals surface area contributed by atoms with E-state index in [1.165, 1.54) is 0 Å². The van der Waals surface area contributed by atoms with Crippen LogP contribution in [-0.4, -0.2) is 42.1 Å². The van der Waals surface area contributed by atoms with Crippen molar-refractivity contribution >= 4 is 37.4 Å². The number of aromatic nitrogens is 3. The van der Waals surface area contributed by atoms with E-state index in [0.29, 0.717) is 29.9 Å². The summed E-state index contributed by atoms with van der Waals surface area (Å²) in [6.45, 7) is 0.999. The van der Waals surface area contributed by atoms with E-state index in [4.69, 9.17) is 0 Å². The monoisotopic (exact) mass is 347 g/mol. The number of halogens is 1. The lowest BCUT2D eigenvalue weighted by Crippen LogP contribution is -2.24. The molecule has 2 aromatic rings. The maximum atomic E-state index is 10.9. The third-order valence-electron chi connectivity index (χ3n) is 2.35. The van der Waals surface area contributed by atoms with Crippen molar-refractivity contribution in [1.29, 1.82) is 0 Å². The van der Waals surface area contributed by atoms with E-state index in [1.807, 2.05) is 16.8 Å². The second-order valence-corrected chi connectivity index (χ2v) is 6.66. The zero-order chi connectivity index (χ0) is 13.9. The van der Waals surface area contributed by atoms with Crippen LogP contribution in [0.2, 0.25) is 0 Å². The maximum absolute atomic E-state index is 10.9. The highest BCUT2D eigenvalue weighted by Crippen LogP contribution is 2.16. The van der Waals surface area contributed by atoms with Gasteiger partial charge >= 0.3 is 0 Å². The number of nitrogens with zero attached hydrogens (tertiary/aromatic N) is 3. The van der Waals surface area contributed by atoms with Crippen LogP contribution in [0.3, 0.4) is 0 Å². The van der Waals surface area contributed by atoms with E-state index in [-0.39, 0.29) is 0 Å². The molecule has 2 N–H and O–H groups in total. The summed E-state index contributed by atoms with van der Waals surface area (Å²) in [7, 11) is -3.12. The number of rotatable bonds is 6. The number of nitrogens with one attached hydrogen (secondary N) is 2. The van der Waals surface area contributed by atoms with Gasteiger partial charge in [0.1, 0.15) is 4.60 Å². The normalized spacial score (nSPS) is 11.9. The zero-order valence-electron chi connectivity index (χ0n) is 10.3. The zero-order valence-corrected chi connectivity index (χ0v) is 12.7. The molecular weight excluding hydrogens is 334 g/mol. The van der Waals surface area contributed by atoms with Crippen LogP contribution in [0.15, 0.2) is 23.2 Å². The molecule has 0 aliphatic rings. The van der Waals surface area contributed by atoms with Gasteiger partial charge in [-0.25, -0.2) is 23.1 Å². The average molecular weight is 348 g/mol. The van der Waals surface area contributed by atoms with Gasteiger partial charge in [0.15, 0.2) is 11.5 Å². The molecule has 0 unspecified atom stereocenters. The van der Waals surface area contributed by atoms with E-state index >= 15 is 0 Å². The van der Waals surface area contributed by atoms with E-state index < -0.39 is 10.0 Å². The molecule has 0 aromatic carbocycles. The third kappa shape index (κ3) is 4.15. The van der Waals surface area contributed by atoms with Crippen LogP contribution in [0.5, 0.6) is 0 Å². The van der Waals surface area contributed by atoms with Gasteiger partial charge in [0.05, 0.1) is 6.26 Å². The van der Waals surface area contributed by atoms with Gasteiger partial charge in [0.2, 0.25) is 10.0 Å². The second-order valence-electron chi connectivity index (χ2n) is 4.02. The molecule has 0 bridgehead atoms. The Bertz CT molecular complexity index is 670. The van der Waals surface area contributed by atoms with Crippen LogP contribution in [0.1, 0.15) is 6.42 Å². The molecule has 0 fully saturated rings. The Hall–Kier alpha value is -1.19. The summed E-state index contributed by atoms with van der Waals surface area (Å²) in [4.78, 5) is 8.51. The summed E-state index contributed by atoms with van der Waals surface area (Å²) in [5.74, 6) is 0.665. The fraction of sp³-hybridized carbons (Fsp3) is 0.400. The van der Waals surface area contributed by atoms with Crippen molar-refractivity contribution in [2.45, 2.75) is 6.42 Å². The summed E-state index contributed by atoms with van der Waals surface area (Å²) in [6, 6.07) is 0. The third-order valence-corrected chi connectivity index (χ3v) is 3.47. The van der Waals surface area contributed by atoms with Crippen molar-refractivity contribution in [2.75, 3.05) is 24.7 Å². The van der Waals surface area contributed by atoms with Crippen LogP contribution in [0, 0.1) is 0 Å². The van der Waals surface area contributed by atoms with E-state index in [1.54, 1.807) is 6.20 Å². The minimum Gasteiger partial charge on any atom is -0.367 e. The van der Waals surface area contributed by atoms with Gasteiger partial charge in [0.25, 0.3) is 0 Å². The van der Waals surface area contributed by atoms with Gasteiger partial charge in [0, 0.05) is 31.7 Å². The molecule has 7 nitrogen and oxygen atoms in total. The second kappa shape index (κ2) is 5.85. The lowest BCUT2D eigenvalue weighted by Gasteiger charge is -2.07. The van der Waals surface area contributed by atoms with Crippen LogP contribution in [0.4, 0.5) is 5.82 Å². The Morgan fingerprint density at radius 1 is 1.42 bits per heavy atom. The van der Waals surface area contributed by atoms with Gasteiger partial charge in [-0.1, -0.05) is 0 Å². The summed E-state index contributed by atoms with van der Waals surface area (Å²) >= 11 is 3.33. The van der Waals surface area contributed by atoms with Crippen LogP contribution < -0.4 is 10.0 Å². The number of hydrogen-bond donors (Lipinski definition) is 2. The van der Waals surface area contributed by atoms with Crippen molar-refractivity contribution in [1.82, 2.24) is 19.1 Å². The first-order valence-electron chi connectivity index (χ1n) is 5.63. The predicted molar refractivity (Wildman–Crippen MR) is 76.6 cm³/mol. The van der Waals surface area contributed by atoms with E-state index in [9.17, 15) is 8.42 Å². The van der Waals surface area contributed by atoms with Gasteiger partial charge in [-0.15, -0.1) is 0 Å². The highest BCUT2D eigenvalue weighted by atomic mass is 79.9. The molecule has 0 spiro atoms. The topological polar surface area (TPSA) is 88.4 Å². The summed E-state index contributed by atoms with van der Waals surface area (Å²) in [6.07, 6.45) is 7.15. The molecule has 0 aliphatic heterocycles. The van der Waals surface area contributed by atoms with Crippen LogP contribution in [0.25, 0.3) is 5.65 Å². The summed E-state index contributed by atoms with van der Waals surface area (Å²) in [5.41, 5.74) is 0.735. The molecule has 104 valence electrons. The quantitative estimate of drug-likeness (QED) is 0.756. The lowest BCUT2D eigenvalue weighted by molar-refractivity contribution is 0.586. The van der Waals surface area contributed by atoms with Crippen molar-refractivity contribution in [3.63, 3.8) is 0 Å². The van der Waals surface area contributed by atoms with Crippen molar-refractivity contribution < 1.29 is 8.42 Å². The molecule has 0 saturated carbocycles. The molecule has 2 aromatic heterocycles. The van der Waals surface area contributed by atoms with Gasteiger partial charge in [-0.3, -0.25) is 0 Å². The molecule has 0 aliphatic carbocycles. The molecule has 2 heterocycles. The van der Waals surface area contributed by atoms with Crippen molar-refractivity contribution in [2.24, 2.45) is 0 Å². The molecule has 9 heteroatoms.